The van der Waals surface area contributed by atoms with E-state index in [0.717, 1.165) is 43.2 Å². The number of aryl methyl sites for hydroxylation is 2. The second kappa shape index (κ2) is 8.47. The fourth-order valence-electron chi connectivity index (χ4n) is 3.52. The molecule has 0 radical (unpaired) electrons. The highest BCUT2D eigenvalue weighted by Crippen LogP contribution is 2.26. The molecule has 7 nitrogen and oxygen atoms in total. The number of fused-ring (bicyclic) bond motifs is 1. The van der Waals surface area contributed by atoms with E-state index in [9.17, 15) is 18.0 Å². The monoisotopic (exact) mass is 461 g/mol. The third kappa shape index (κ3) is 4.67. The van der Waals surface area contributed by atoms with Gasteiger partial charge in [0.05, 0.1) is 22.2 Å². The molecule has 0 aliphatic rings. The van der Waals surface area contributed by atoms with Crippen LogP contribution in [0.3, 0.4) is 0 Å². The van der Waals surface area contributed by atoms with Crippen molar-refractivity contribution in [2.24, 2.45) is 0 Å². The summed E-state index contributed by atoms with van der Waals surface area (Å²) in [6.45, 7) is 9.28. The van der Waals surface area contributed by atoms with Crippen LogP contribution in [0, 0.1) is 13.8 Å². The van der Waals surface area contributed by atoms with Crippen molar-refractivity contribution in [1.82, 2.24) is 4.57 Å². The second-order valence-corrected chi connectivity index (χ2v) is 10.9. The summed E-state index contributed by atoms with van der Waals surface area (Å²) < 4.78 is 28.6. The highest BCUT2D eigenvalue weighted by Gasteiger charge is 2.29. The van der Waals surface area contributed by atoms with E-state index in [0.29, 0.717) is 11.4 Å². The van der Waals surface area contributed by atoms with Gasteiger partial charge in [0.25, 0.3) is 0 Å². The van der Waals surface area contributed by atoms with Crippen LogP contribution in [0.2, 0.25) is 0 Å². The van der Waals surface area contributed by atoms with Crippen molar-refractivity contribution in [2.75, 3.05) is 15.9 Å². The van der Waals surface area contributed by atoms with Crippen LogP contribution in [-0.2, 0) is 14.8 Å². The van der Waals surface area contributed by atoms with Gasteiger partial charge in [0.15, 0.2) is 0 Å². The Balaban J connectivity index is 1.92. The zero-order valence-electron chi connectivity index (χ0n) is 18.5. The third-order valence-electron chi connectivity index (χ3n) is 5.23. The lowest BCUT2D eigenvalue weighted by molar-refractivity contribution is -0.116. The zero-order chi connectivity index (χ0) is 23.1. The van der Waals surface area contributed by atoms with Crippen LogP contribution in [0.1, 0.15) is 37.9 Å². The fraction of sp³-hybridized carbons (Fsp3) is 0.364. The molecule has 1 amide bonds. The predicted molar refractivity (Wildman–Crippen MR) is 128 cm³/mol. The Bertz CT molecular complexity index is 1310. The Morgan fingerprint density at radius 3 is 2.32 bits per heavy atom. The molecule has 0 spiro atoms. The molecule has 9 heteroatoms. The Morgan fingerprint density at radius 1 is 1.06 bits per heavy atom. The maximum absolute atomic E-state index is 13.0. The van der Waals surface area contributed by atoms with E-state index in [1.54, 1.807) is 41.8 Å². The van der Waals surface area contributed by atoms with Gasteiger partial charge in [-0.3, -0.25) is 18.5 Å². The van der Waals surface area contributed by atoms with E-state index >= 15 is 0 Å². The van der Waals surface area contributed by atoms with Crippen molar-refractivity contribution in [1.29, 1.82) is 0 Å². The first-order chi connectivity index (χ1) is 14.4. The highest BCUT2D eigenvalue weighted by molar-refractivity contribution is 7.92. The fourth-order valence-corrected chi connectivity index (χ4v) is 5.74. The average Bonchev–Trinajstić information content (AvgIpc) is 2.98. The summed E-state index contributed by atoms with van der Waals surface area (Å²) in [5, 5.41) is 2.79. The summed E-state index contributed by atoms with van der Waals surface area (Å²) >= 11 is 1.12. The van der Waals surface area contributed by atoms with E-state index in [1.165, 1.54) is 0 Å². The quantitative estimate of drug-likeness (QED) is 0.600. The highest BCUT2D eigenvalue weighted by atomic mass is 32.2. The molecule has 0 bridgehead atoms. The number of anilines is 2. The molecule has 166 valence electrons. The number of aromatic nitrogens is 1. The number of thiazole rings is 1. The molecule has 3 aromatic rings. The van der Waals surface area contributed by atoms with E-state index in [-0.39, 0.29) is 10.9 Å². The Morgan fingerprint density at radius 2 is 1.74 bits per heavy atom. The van der Waals surface area contributed by atoms with Crippen molar-refractivity contribution in [2.45, 2.75) is 46.7 Å². The van der Waals surface area contributed by atoms with Crippen LogP contribution in [0.25, 0.3) is 10.2 Å². The molecule has 0 aliphatic carbocycles. The number of hydrogen-bond acceptors (Lipinski definition) is 5. The van der Waals surface area contributed by atoms with Gasteiger partial charge in [-0.1, -0.05) is 17.4 Å². The molecule has 3 rings (SSSR count). The summed E-state index contributed by atoms with van der Waals surface area (Å²) in [5.41, 5.74) is 3.73. The smallest absolute Gasteiger partial charge is 0.308 e. The van der Waals surface area contributed by atoms with Crippen molar-refractivity contribution in [3.8, 4) is 0 Å². The Hall–Kier alpha value is -2.65. The van der Waals surface area contributed by atoms with Gasteiger partial charge in [-0.25, -0.2) is 8.42 Å². The minimum absolute atomic E-state index is 0.0306. The minimum atomic E-state index is -3.70. The molecule has 0 saturated heterocycles. The number of benzene rings is 2. The van der Waals surface area contributed by atoms with Gasteiger partial charge in [-0.15, -0.1) is 0 Å². The molecule has 1 N–H and O–H groups in total. The lowest BCUT2D eigenvalue weighted by atomic mass is 10.1. The first-order valence-corrected chi connectivity index (χ1v) is 12.6. The minimum Gasteiger partial charge on any atom is -0.324 e. The molecule has 1 atom stereocenters. The van der Waals surface area contributed by atoms with Crippen LogP contribution in [0.15, 0.2) is 41.2 Å². The topological polar surface area (TPSA) is 88.5 Å². The number of nitrogens with one attached hydrogen (secondary N) is 1. The van der Waals surface area contributed by atoms with Crippen LogP contribution in [-0.4, -0.2) is 31.2 Å². The maximum Gasteiger partial charge on any atom is 0.308 e. The molecule has 1 heterocycles. The normalized spacial score (nSPS) is 12.9. The first-order valence-electron chi connectivity index (χ1n) is 9.92. The molecule has 2 aromatic carbocycles. The summed E-state index contributed by atoms with van der Waals surface area (Å²) in [4.78, 5) is 25.2. The number of carbonyl (C=O) groups is 1. The largest absolute Gasteiger partial charge is 0.324 e. The number of sulfonamides is 1. The van der Waals surface area contributed by atoms with Gasteiger partial charge in [0.2, 0.25) is 15.9 Å². The van der Waals surface area contributed by atoms with Crippen molar-refractivity contribution >= 4 is 48.9 Å². The molecule has 0 saturated carbocycles. The summed E-state index contributed by atoms with van der Waals surface area (Å²) in [5.74, 6) is -0.460. The lowest BCUT2D eigenvalue weighted by Crippen LogP contribution is -2.45. The van der Waals surface area contributed by atoms with Crippen molar-refractivity contribution in [3.05, 3.63) is 57.2 Å². The summed E-state index contributed by atoms with van der Waals surface area (Å²) in [7, 11) is -3.70. The number of hydrogen-bond donors (Lipinski definition) is 1. The van der Waals surface area contributed by atoms with Crippen LogP contribution in [0.4, 0.5) is 11.4 Å². The molecular weight excluding hydrogens is 434 g/mol. The molecule has 0 aliphatic heterocycles. The van der Waals surface area contributed by atoms with E-state index < -0.39 is 22.0 Å². The van der Waals surface area contributed by atoms with Gasteiger partial charge >= 0.3 is 4.87 Å². The van der Waals surface area contributed by atoms with Crippen molar-refractivity contribution < 1.29 is 13.2 Å². The van der Waals surface area contributed by atoms with Gasteiger partial charge < -0.3 is 5.32 Å². The number of rotatable bonds is 6. The van der Waals surface area contributed by atoms with Crippen LogP contribution >= 0.6 is 11.3 Å². The molecule has 1 aromatic heterocycles. The van der Waals surface area contributed by atoms with E-state index in [2.05, 4.69) is 5.32 Å². The number of nitrogens with zero attached hydrogens (tertiary/aromatic N) is 2. The Labute approximate surface area is 186 Å². The number of amides is 1. The maximum atomic E-state index is 13.0. The first kappa shape index (κ1) is 23.0. The third-order valence-corrected chi connectivity index (χ3v) is 7.39. The van der Waals surface area contributed by atoms with Gasteiger partial charge in [-0.2, -0.15) is 0 Å². The SMILES string of the molecule is Cc1ccc(N([C@@H](C)C(=O)Nc2ccc3c(c2)sc(=O)n3C(C)C)S(C)(=O)=O)cc1C. The van der Waals surface area contributed by atoms with Crippen LogP contribution in [0.5, 0.6) is 0 Å². The van der Waals surface area contributed by atoms with E-state index in [1.807, 2.05) is 33.8 Å². The molecule has 31 heavy (non-hydrogen) atoms. The zero-order valence-corrected chi connectivity index (χ0v) is 20.1. The lowest BCUT2D eigenvalue weighted by Gasteiger charge is -2.28. The summed E-state index contributed by atoms with van der Waals surface area (Å²) in [6.07, 6.45) is 1.09. The predicted octanol–water partition coefficient (Wildman–Crippen LogP) is 4.05. The van der Waals surface area contributed by atoms with Crippen molar-refractivity contribution in [3.63, 3.8) is 0 Å². The molecular formula is C22H27N3O4S2. The van der Waals surface area contributed by atoms with Gasteiger partial charge in [0, 0.05) is 11.7 Å². The van der Waals surface area contributed by atoms with Gasteiger partial charge in [-0.05, 0) is 76.1 Å². The van der Waals surface area contributed by atoms with Gasteiger partial charge in [0.1, 0.15) is 6.04 Å². The van der Waals surface area contributed by atoms with E-state index in [4.69, 9.17) is 0 Å². The second-order valence-electron chi connectivity index (χ2n) is 8.01. The van der Waals surface area contributed by atoms with Crippen LogP contribution < -0.4 is 14.5 Å². The standard InChI is InChI=1S/C22H27N3O4S2/c1-13(2)24-19-10-8-17(12-20(19)30-22(24)27)23-21(26)16(5)25(31(6,28)29)18-9-7-14(3)15(4)11-18/h7-13,16H,1-6H3,(H,23,26)/t16-/m0/s1. The summed E-state index contributed by atoms with van der Waals surface area (Å²) in [6, 6.07) is 9.62. The molecule has 0 fully saturated rings. The average molecular weight is 462 g/mol. The number of carbonyl (C=O) groups excluding carboxylic acids is 1. The Kier molecular flexibility index (Phi) is 6.29. The molecule has 0 unspecified atom stereocenters.